The maximum atomic E-state index is 13.4. The summed E-state index contributed by atoms with van der Waals surface area (Å²) in [6, 6.07) is 47.8. The number of hydrogen-bond acceptors (Lipinski definition) is 11. The molecule has 0 radical (unpaired) electrons. The minimum absolute atomic E-state index is 0.144. The van der Waals surface area contributed by atoms with Crippen LogP contribution in [0.2, 0.25) is 0 Å². The summed E-state index contributed by atoms with van der Waals surface area (Å²) in [7, 11) is 0. The molecule has 2 N–H and O–H groups in total. The van der Waals surface area contributed by atoms with Crippen molar-refractivity contribution in [2.45, 2.75) is 192 Å². The number of carbonyl (C=O) groups is 1. The lowest BCUT2D eigenvalue weighted by molar-refractivity contribution is -0.328. The average molecular weight is 1060 g/mol. The van der Waals surface area contributed by atoms with Crippen LogP contribution in [0.3, 0.4) is 0 Å². The molecule has 0 unspecified atom stereocenters. The molecule has 1 saturated heterocycles. The van der Waals surface area contributed by atoms with E-state index in [1.165, 1.54) is 57.8 Å². The van der Waals surface area contributed by atoms with Gasteiger partial charge >= 0.3 is 5.97 Å². The highest BCUT2D eigenvalue weighted by atomic mass is 16.7. The Hall–Kier alpha value is -5.44. The first-order valence-corrected chi connectivity index (χ1v) is 28.3. The summed E-state index contributed by atoms with van der Waals surface area (Å²) in [6.45, 7) is 6.82. The van der Waals surface area contributed by atoms with E-state index in [0.29, 0.717) is 13.0 Å². The molecule has 77 heavy (non-hydrogen) atoms. The molecular formula is C64H86N4O9. The molecule has 0 amide bonds. The summed E-state index contributed by atoms with van der Waals surface area (Å²) >= 11 is 0. The predicted molar refractivity (Wildman–Crippen MR) is 302 cm³/mol. The molecule has 5 aromatic rings. The normalized spacial score (nSPS) is 19.0. The van der Waals surface area contributed by atoms with Crippen molar-refractivity contribution in [2.24, 2.45) is 16.8 Å². The molecule has 5 aromatic carbocycles. The molecule has 9 atom stereocenters. The third kappa shape index (κ3) is 22.1. The molecule has 0 aliphatic carbocycles. The van der Waals surface area contributed by atoms with E-state index in [0.717, 1.165) is 47.1 Å². The molecule has 13 heteroatoms. The number of nitrogens with zero attached hydrogens (tertiary/aromatic N) is 3. The van der Waals surface area contributed by atoms with Gasteiger partial charge in [-0.25, -0.2) is 0 Å². The van der Waals surface area contributed by atoms with Gasteiger partial charge in [-0.2, -0.15) is 0 Å². The molecule has 416 valence electrons. The van der Waals surface area contributed by atoms with Crippen LogP contribution < -0.4 is 5.73 Å². The number of nitrogens with two attached hydrogens (primary N) is 1. The number of esters is 1. The molecule has 6 rings (SSSR count). The van der Waals surface area contributed by atoms with Crippen LogP contribution in [-0.2, 0) is 75.7 Å². The van der Waals surface area contributed by atoms with Gasteiger partial charge < -0.3 is 43.6 Å². The summed E-state index contributed by atoms with van der Waals surface area (Å²) < 4.78 is 54.2. The van der Waals surface area contributed by atoms with E-state index in [-0.39, 0.29) is 45.6 Å². The van der Waals surface area contributed by atoms with E-state index < -0.39 is 61.0 Å². The van der Waals surface area contributed by atoms with E-state index in [1.54, 1.807) is 0 Å². The smallest absolute Gasteiger partial charge is 0.323 e. The van der Waals surface area contributed by atoms with Crippen molar-refractivity contribution >= 4 is 5.97 Å². The summed E-state index contributed by atoms with van der Waals surface area (Å²) in [5, 5.41) is 4.43. The Kier molecular flexibility index (Phi) is 28.3. The molecule has 1 heterocycles. The van der Waals surface area contributed by atoms with Crippen molar-refractivity contribution < 1.29 is 42.7 Å². The first-order valence-electron chi connectivity index (χ1n) is 28.3. The molecule has 13 nitrogen and oxygen atoms in total. The van der Waals surface area contributed by atoms with Gasteiger partial charge in [-0.15, -0.1) is 0 Å². The monoisotopic (exact) mass is 1050 g/mol. The van der Waals surface area contributed by atoms with Crippen molar-refractivity contribution in [3.8, 4) is 0 Å². The van der Waals surface area contributed by atoms with Crippen LogP contribution in [0.1, 0.15) is 132 Å². The fourth-order valence-corrected chi connectivity index (χ4v) is 9.54. The van der Waals surface area contributed by atoms with Gasteiger partial charge in [0.05, 0.1) is 57.9 Å². The van der Waals surface area contributed by atoms with Gasteiger partial charge in [0.2, 0.25) is 0 Å². The highest BCUT2D eigenvalue weighted by Crippen LogP contribution is 2.33. The third-order valence-electron chi connectivity index (χ3n) is 14.1. The first kappa shape index (κ1) is 60.8. The zero-order chi connectivity index (χ0) is 54.1. The molecular weight excluding hydrogens is 969 g/mol. The van der Waals surface area contributed by atoms with Crippen LogP contribution in [0.25, 0.3) is 10.4 Å². The van der Waals surface area contributed by atoms with Gasteiger partial charge in [-0.3, -0.25) is 4.79 Å². The van der Waals surface area contributed by atoms with Crippen LogP contribution in [0.5, 0.6) is 0 Å². The maximum Gasteiger partial charge on any atom is 0.323 e. The van der Waals surface area contributed by atoms with E-state index in [9.17, 15) is 10.3 Å². The maximum absolute atomic E-state index is 13.4. The van der Waals surface area contributed by atoms with Crippen molar-refractivity contribution in [2.75, 3.05) is 13.2 Å². The van der Waals surface area contributed by atoms with Gasteiger partial charge in [-0.05, 0) is 45.7 Å². The van der Waals surface area contributed by atoms with E-state index in [2.05, 4.69) is 16.9 Å². The molecule has 0 aromatic heterocycles. The molecule has 0 bridgehead atoms. The zero-order valence-electron chi connectivity index (χ0n) is 45.9. The van der Waals surface area contributed by atoms with E-state index in [1.807, 2.05) is 166 Å². The topological polar surface area (TPSA) is 166 Å². The number of carbonyl (C=O) groups excluding carboxylic acids is 1. The van der Waals surface area contributed by atoms with Crippen LogP contribution in [0, 0.1) is 5.92 Å². The fourth-order valence-electron chi connectivity index (χ4n) is 9.54. The average Bonchev–Trinajstić information content (AvgIpc) is 3.47. The minimum Gasteiger partial charge on any atom is -0.462 e. The Morgan fingerprint density at radius 3 is 1.43 bits per heavy atom. The highest BCUT2D eigenvalue weighted by Gasteiger charge is 2.50. The second-order valence-electron chi connectivity index (χ2n) is 20.6. The lowest BCUT2D eigenvalue weighted by atomic mass is 9.97. The van der Waals surface area contributed by atoms with Gasteiger partial charge in [-0.1, -0.05) is 255 Å². The standard InChI is InChI=1S/C64H86N4O9/c1-4-5-6-7-8-9-10-11-12-13-14-30-41-56(70-42-50-31-20-15-21-32-50)59(71-43-51-33-22-16-23-34-51)55(67-68-66)47-76-64-62(74-46-54-39-28-19-29-40-54)61(73-45-53-37-26-18-27-38-53)60(72-44-52-35-24-17-25-36-52)57(77-64)48-75-63(69)58(65)49(2)3/h15-29,31-40,49,55-62,64H,4-14,30,41-48,65H2,1-3H3/t55-,56+,57+,58-,59-,60-,61-,62+,64-/m0/s1. The number of hydrogen-bond donors (Lipinski definition) is 1. The lowest BCUT2D eigenvalue weighted by Crippen LogP contribution is -2.62. The molecule has 1 fully saturated rings. The number of azide groups is 1. The Morgan fingerprint density at radius 1 is 0.558 bits per heavy atom. The van der Waals surface area contributed by atoms with Crippen LogP contribution >= 0.6 is 0 Å². The van der Waals surface area contributed by atoms with Gasteiger partial charge in [0, 0.05) is 4.91 Å². The highest BCUT2D eigenvalue weighted by molar-refractivity contribution is 5.75. The lowest BCUT2D eigenvalue weighted by Gasteiger charge is -2.46. The Bertz CT molecular complexity index is 2350. The Labute approximate surface area is 459 Å². The van der Waals surface area contributed by atoms with Crippen molar-refractivity contribution in [1.29, 1.82) is 0 Å². The largest absolute Gasteiger partial charge is 0.462 e. The summed E-state index contributed by atoms with van der Waals surface area (Å²) in [5.74, 6) is -0.729. The molecule has 1 aliphatic heterocycles. The van der Waals surface area contributed by atoms with Gasteiger partial charge in [0.25, 0.3) is 0 Å². The van der Waals surface area contributed by atoms with Crippen molar-refractivity contribution in [1.82, 2.24) is 0 Å². The Balaban J connectivity index is 1.30. The number of rotatable bonds is 38. The SMILES string of the molecule is CCCCCCCCCCCCCC[C@@H](OCc1ccccc1)[C@@H](OCc1ccccc1)[C@H](CO[C@H]1O[C@H](COC(=O)[C@@H](N)C(C)C)[C@H](OCc2ccccc2)[C@H](OCc2ccccc2)[C@H]1OCc1ccccc1)N=[N+]=[N-]. The van der Waals surface area contributed by atoms with E-state index >= 15 is 0 Å². The minimum atomic E-state index is -1.15. The molecule has 0 spiro atoms. The second kappa shape index (κ2) is 35.9. The summed E-state index contributed by atoms with van der Waals surface area (Å²) in [6.07, 6.45) is 9.52. The second-order valence-corrected chi connectivity index (χ2v) is 20.6. The Morgan fingerprint density at radius 2 is 0.974 bits per heavy atom. The van der Waals surface area contributed by atoms with Gasteiger partial charge in [0.1, 0.15) is 37.1 Å². The van der Waals surface area contributed by atoms with Crippen LogP contribution in [0.15, 0.2) is 157 Å². The first-order chi connectivity index (χ1) is 37.8. The van der Waals surface area contributed by atoms with Crippen molar-refractivity contribution in [3.05, 3.63) is 190 Å². The summed E-state index contributed by atoms with van der Waals surface area (Å²) in [5.41, 5.74) is 21.4. The molecule has 0 saturated carbocycles. The molecule has 1 aliphatic rings. The third-order valence-corrected chi connectivity index (χ3v) is 14.1. The quantitative estimate of drug-likeness (QED) is 0.0132. The fraction of sp³-hybridized carbons (Fsp3) is 0.516. The number of unbranched alkanes of at least 4 members (excludes halogenated alkanes) is 11. The van der Waals surface area contributed by atoms with Crippen molar-refractivity contribution in [3.63, 3.8) is 0 Å². The number of ether oxygens (including phenoxy) is 8. The number of benzene rings is 5. The van der Waals surface area contributed by atoms with Crippen LogP contribution in [-0.4, -0.2) is 74.2 Å². The predicted octanol–water partition coefficient (Wildman–Crippen LogP) is 14.0. The summed E-state index contributed by atoms with van der Waals surface area (Å²) in [4.78, 5) is 16.8. The van der Waals surface area contributed by atoms with Gasteiger partial charge in [0.15, 0.2) is 6.29 Å². The van der Waals surface area contributed by atoms with Crippen LogP contribution in [0.4, 0.5) is 0 Å². The zero-order valence-corrected chi connectivity index (χ0v) is 45.9. The van der Waals surface area contributed by atoms with E-state index in [4.69, 9.17) is 43.6 Å².